The second-order valence-corrected chi connectivity index (χ2v) is 8.21. The van der Waals surface area contributed by atoms with Gasteiger partial charge in [0.05, 0.1) is 16.7 Å². The molecule has 0 aliphatic carbocycles. The maximum atomic E-state index is 12.9. The lowest BCUT2D eigenvalue weighted by molar-refractivity contribution is -0.274. The minimum absolute atomic E-state index is 0.0917. The zero-order valence-corrected chi connectivity index (χ0v) is 18.6. The van der Waals surface area contributed by atoms with Gasteiger partial charge in [0.15, 0.2) is 5.75 Å². The molecule has 1 fully saturated rings. The number of nitrogens with one attached hydrogen (secondary N) is 1. The molecule has 1 aliphatic rings. The topological polar surface area (TPSA) is 76.5 Å². The van der Waals surface area contributed by atoms with E-state index in [0.717, 1.165) is 22.9 Å². The van der Waals surface area contributed by atoms with Gasteiger partial charge in [0, 0.05) is 26.4 Å². The molecule has 34 heavy (non-hydrogen) atoms. The predicted molar refractivity (Wildman–Crippen MR) is 120 cm³/mol. The maximum absolute atomic E-state index is 12.9. The van der Waals surface area contributed by atoms with Crippen LogP contribution in [0.15, 0.2) is 48.5 Å². The number of nitrogens with zero attached hydrogens (tertiary/aromatic N) is 3. The normalized spacial score (nSPS) is 16.1. The third kappa shape index (κ3) is 5.32. The van der Waals surface area contributed by atoms with Crippen LogP contribution < -0.4 is 10.1 Å². The van der Waals surface area contributed by atoms with Crippen LogP contribution in [-0.4, -0.2) is 45.2 Å². The number of hydrogen-bond acceptors (Lipinski definition) is 4. The first kappa shape index (κ1) is 23.6. The van der Waals surface area contributed by atoms with Crippen molar-refractivity contribution in [2.45, 2.75) is 44.5 Å². The molecule has 0 bridgehead atoms. The van der Waals surface area contributed by atoms with Gasteiger partial charge in [-0.15, -0.1) is 13.2 Å². The average Bonchev–Trinajstić information content (AvgIpc) is 3.40. The SMILES string of the molecule is Cn1c(CCCC(=O)N2CCC[C@H]2C(=O)Nc2ccccc2OC(F)(F)F)nc2ccccc21. The lowest BCUT2D eigenvalue weighted by Crippen LogP contribution is -2.43. The number of anilines is 1. The first-order valence-corrected chi connectivity index (χ1v) is 11.1. The number of aromatic nitrogens is 2. The van der Waals surface area contributed by atoms with Gasteiger partial charge >= 0.3 is 6.36 Å². The molecule has 1 atom stereocenters. The van der Waals surface area contributed by atoms with Crippen LogP contribution in [0.4, 0.5) is 18.9 Å². The van der Waals surface area contributed by atoms with E-state index >= 15 is 0 Å². The molecule has 0 unspecified atom stereocenters. The number of likely N-dealkylation sites (tertiary alicyclic amines) is 1. The third-order valence-electron chi connectivity index (χ3n) is 5.92. The average molecular weight is 474 g/mol. The Morgan fingerprint density at radius 3 is 2.65 bits per heavy atom. The zero-order chi connectivity index (χ0) is 24.3. The highest BCUT2D eigenvalue weighted by atomic mass is 19.4. The van der Waals surface area contributed by atoms with Crippen LogP contribution in [0.1, 0.15) is 31.5 Å². The zero-order valence-electron chi connectivity index (χ0n) is 18.6. The molecule has 2 heterocycles. The number of halogens is 3. The van der Waals surface area contributed by atoms with Crippen LogP contribution in [0.5, 0.6) is 5.75 Å². The summed E-state index contributed by atoms with van der Waals surface area (Å²) in [6.07, 6.45) is -2.34. The molecule has 4 rings (SSSR count). The van der Waals surface area contributed by atoms with Crippen molar-refractivity contribution >= 4 is 28.5 Å². The van der Waals surface area contributed by atoms with Gasteiger partial charge in [-0.25, -0.2) is 4.98 Å². The van der Waals surface area contributed by atoms with Crippen molar-refractivity contribution in [2.75, 3.05) is 11.9 Å². The molecule has 2 amide bonds. The first-order valence-electron chi connectivity index (χ1n) is 11.1. The Hall–Kier alpha value is -3.56. The number of carbonyl (C=O) groups excluding carboxylic acids is 2. The smallest absolute Gasteiger partial charge is 0.404 e. The molecule has 1 N–H and O–H groups in total. The quantitative estimate of drug-likeness (QED) is 0.550. The van der Waals surface area contributed by atoms with E-state index in [1.165, 1.54) is 23.1 Å². The number of alkyl halides is 3. The highest BCUT2D eigenvalue weighted by molar-refractivity contribution is 5.98. The van der Waals surface area contributed by atoms with Crippen molar-refractivity contribution in [2.24, 2.45) is 7.05 Å². The van der Waals surface area contributed by atoms with Gasteiger partial charge in [-0.3, -0.25) is 9.59 Å². The Kier molecular flexibility index (Phi) is 6.76. The lowest BCUT2D eigenvalue weighted by Gasteiger charge is -2.24. The molecule has 7 nitrogen and oxygen atoms in total. The van der Waals surface area contributed by atoms with E-state index in [9.17, 15) is 22.8 Å². The Bertz CT molecular complexity index is 1190. The van der Waals surface area contributed by atoms with Crippen molar-refractivity contribution in [3.63, 3.8) is 0 Å². The van der Waals surface area contributed by atoms with E-state index in [1.807, 2.05) is 35.9 Å². The Morgan fingerprint density at radius 1 is 1.15 bits per heavy atom. The molecule has 1 saturated heterocycles. The summed E-state index contributed by atoms with van der Waals surface area (Å²) in [6, 6.07) is 12.4. The van der Waals surface area contributed by atoms with Crippen LogP contribution in [0.3, 0.4) is 0 Å². The van der Waals surface area contributed by atoms with Gasteiger partial charge in [0.25, 0.3) is 0 Å². The molecule has 2 aromatic carbocycles. The standard InChI is InChI=1S/C24H25F3N4O3/c1-30-18-10-4-2-8-16(18)28-21(30)13-6-14-22(32)31-15-7-11-19(31)23(33)29-17-9-3-5-12-20(17)34-24(25,26)27/h2-5,8-10,12,19H,6-7,11,13-15H2,1H3,(H,29,33)/t19-/m0/s1. The summed E-state index contributed by atoms with van der Waals surface area (Å²) < 4.78 is 44.0. The lowest BCUT2D eigenvalue weighted by atomic mass is 10.1. The summed E-state index contributed by atoms with van der Waals surface area (Å²) in [5.41, 5.74) is 1.83. The molecule has 0 saturated carbocycles. The van der Waals surface area contributed by atoms with Crippen LogP contribution in [0.2, 0.25) is 0 Å². The van der Waals surface area contributed by atoms with Crippen LogP contribution in [0, 0.1) is 0 Å². The highest BCUT2D eigenvalue weighted by Gasteiger charge is 2.35. The minimum Gasteiger partial charge on any atom is -0.404 e. The number of amides is 2. The summed E-state index contributed by atoms with van der Waals surface area (Å²) in [6.45, 7) is 0.434. The first-order chi connectivity index (χ1) is 16.2. The van der Waals surface area contributed by atoms with E-state index in [0.29, 0.717) is 32.2 Å². The molecule has 0 spiro atoms. The number of carbonyl (C=O) groups is 2. The summed E-state index contributed by atoms with van der Waals surface area (Å²) >= 11 is 0. The Morgan fingerprint density at radius 2 is 1.88 bits per heavy atom. The fraction of sp³-hybridized carbons (Fsp3) is 0.375. The number of benzene rings is 2. The van der Waals surface area contributed by atoms with Crippen molar-refractivity contribution in [3.8, 4) is 5.75 Å². The maximum Gasteiger partial charge on any atom is 0.573 e. The fourth-order valence-electron chi connectivity index (χ4n) is 4.30. The van der Waals surface area contributed by atoms with Crippen LogP contribution in [0.25, 0.3) is 11.0 Å². The number of hydrogen-bond donors (Lipinski definition) is 1. The Labute approximate surface area is 194 Å². The molecule has 1 aromatic heterocycles. The third-order valence-corrected chi connectivity index (χ3v) is 5.92. The summed E-state index contributed by atoms with van der Waals surface area (Å²) in [5, 5.41) is 2.49. The van der Waals surface area contributed by atoms with Crippen molar-refractivity contribution in [1.82, 2.24) is 14.5 Å². The van der Waals surface area contributed by atoms with Gasteiger partial charge in [0.2, 0.25) is 11.8 Å². The van der Waals surface area contributed by atoms with E-state index in [2.05, 4.69) is 15.0 Å². The van der Waals surface area contributed by atoms with E-state index in [1.54, 1.807) is 0 Å². The Balaban J connectivity index is 1.36. The molecule has 3 aromatic rings. The number of ether oxygens (including phenoxy) is 1. The molecule has 1 aliphatic heterocycles. The summed E-state index contributed by atoms with van der Waals surface area (Å²) in [4.78, 5) is 31.8. The second kappa shape index (κ2) is 9.74. The van der Waals surface area contributed by atoms with Crippen molar-refractivity contribution < 1.29 is 27.5 Å². The number of para-hydroxylation sites is 4. The van der Waals surface area contributed by atoms with Crippen LogP contribution in [-0.2, 0) is 23.1 Å². The molecule has 180 valence electrons. The van der Waals surface area contributed by atoms with Gasteiger partial charge in [-0.05, 0) is 43.5 Å². The number of imidazole rings is 1. The number of rotatable bonds is 7. The number of aryl methyl sites for hydroxylation is 2. The van der Waals surface area contributed by atoms with Crippen LogP contribution >= 0.6 is 0 Å². The highest BCUT2D eigenvalue weighted by Crippen LogP contribution is 2.31. The molecular formula is C24H25F3N4O3. The molecular weight excluding hydrogens is 449 g/mol. The monoisotopic (exact) mass is 474 g/mol. The van der Waals surface area contributed by atoms with E-state index in [4.69, 9.17) is 0 Å². The van der Waals surface area contributed by atoms with E-state index in [-0.39, 0.29) is 18.0 Å². The predicted octanol–water partition coefficient (Wildman–Crippen LogP) is 4.42. The van der Waals surface area contributed by atoms with E-state index < -0.39 is 24.1 Å². The molecule has 0 radical (unpaired) electrons. The van der Waals surface area contributed by atoms with Crippen molar-refractivity contribution in [1.29, 1.82) is 0 Å². The minimum atomic E-state index is -4.88. The number of fused-ring (bicyclic) bond motifs is 1. The largest absolute Gasteiger partial charge is 0.573 e. The van der Waals surface area contributed by atoms with Gasteiger partial charge in [0.1, 0.15) is 11.9 Å². The van der Waals surface area contributed by atoms with Gasteiger partial charge < -0.3 is 19.5 Å². The summed E-state index contributed by atoms with van der Waals surface area (Å²) in [7, 11) is 1.94. The fourth-order valence-corrected chi connectivity index (χ4v) is 4.30. The molecule has 10 heteroatoms. The summed E-state index contributed by atoms with van der Waals surface area (Å²) in [5.74, 6) is -0.302. The second-order valence-electron chi connectivity index (χ2n) is 8.21. The van der Waals surface area contributed by atoms with Crippen molar-refractivity contribution in [3.05, 3.63) is 54.4 Å². The van der Waals surface area contributed by atoms with Gasteiger partial charge in [-0.1, -0.05) is 24.3 Å². The van der Waals surface area contributed by atoms with Gasteiger partial charge in [-0.2, -0.15) is 0 Å².